The van der Waals surface area contributed by atoms with Crippen LogP contribution < -0.4 is 0 Å². The fraction of sp³-hybridized carbons (Fsp3) is 0.429. The van der Waals surface area contributed by atoms with Gasteiger partial charge in [-0.2, -0.15) is 5.10 Å². The van der Waals surface area contributed by atoms with Gasteiger partial charge in [0.25, 0.3) is 0 Å². The summed E-state index contributed by atoms with van der Waals surface area (Å²) >= 11 is 0. The lowest BCUT2D eigenvalue weighted by Crippen LogP contribution is -2.36. The summed E-state index contributed by atoms with van der Waals surface area (Å²) in [5.74, 6) is 0. The fourth-order valence-electron chi connectivity index (χ4n) is 0.902. The maximum absolute atomic E-state index is 10.4. The highest BCUT2D eigenvalue weighted by Crippen LogP contribution is 2.02. The van der Waals surface area contributed by atoms with Gasteiger partial charge in [0.1, 0.15) is 0 Å². The number of hydrogen-bond acceptors (Lipinski definition) is 3. The molecule has 11 heavy (non-hydrogen) atoms. The molecule has 1 amide bonds. The van der Waals surface area contributed by atoms with E-state index < -0.39 is 0 Å². The molecule has 60 valence electrons. The molecule has 0 atom stereocenters. The molecule has 0 bridgehead atoms. The van der Waals surface area contributed by atoms with Crippen molar-refractivity contribution < 1.29 is 4.79 Å². The number of carbonyl (C=O) groups excluding carboxylic acids is 1. The molecule has 0 spiro atoms. The van der Waals surface area contributed by atoms with Crippen LogP contribution in [0.4, 0.5) is 0 Å². The highest BCUT2D eigenvalue weighted by atomic mass is 16.2. The SMILES string of the molecule is C=CCN(C=O)N1CCC=N1. The van der Waals surface area contributed by atoms with E-state index in [1.807, 2.05) is 0 Å². The van der Waals surface area contributed by atoms with Crippen molar-refractivity contribution in [2.45, 2.75) is 6.42 Å². The predicted molar refractivity (Wildman–Crippen MR) is 42.8 cm³/mol. The van der Waals surface area contributed by atoms with E-state index >= 15 is 0 Å². The van der Waals surface area contributed by atoms with Crippen molar-refractivity contribution in [1.29, 1.82) is 0 Å². The number of hydrazine groups is 1. The normalized spacial score (nSPS) is 15.1. The van der Waals surface area contributed by atoms with Crippen LogP contribution in [0, 0.1) is 0 Å². The Morgan fingerprint density at radius 1 is 1.82 bits per heavy atom. The van der Waals surface area contributed by atoms with Crippen molar-refractivity contribution >= 4 is 12.6 Å². The van der Waals surface area contributed by atoms with E-state index in [-0.39, 0.29) is 0 Å². The third-order valence-electron chi connectivity index (χ3n) is 1.41. The molecular formula is C7H11N3O. The smallest absolute Gasteiger partial charge is 0.229 e. The Bertz CT molecular complexity index is 179. The molecule has 0 fully saturated rings. The number of carbonyl (C=O) groups is 1. The standard InChI is InChI=1S/C7H11N3O/c1-2-5-9(7-11)10-6-3-4-8-10/h2,4,7H,1,3,5-6H2. The second-order valence-electron chi connectivity index (χ2n) is 2.20. The van der Waals surface area contributed by atoms with Crippen LogP contribution in [0.25, 0.3) is 0 Å². The van der Waals surface area contributed by atoms with E-state index in [1.165, 1.54) is 5.01 Å². The summed E-state index contributed by atoms with van der Waals surface area (Å²) in [7, 11) is 0. The van der Waals surface area contributed by atoms with Gasteiger partial charge in [0, 0.05) is 12.6 Å². The van der Waals surface area contributed by atoms with Crippen LogP contribution in [0.2, 0.25) is 0 Å². The lowest BCUT2D eigenvalue weighted by atomic mass is 10.5. The van der Waals surface area contributed by atoms with Gasteiger partial charge < -0.3 is 0 Å². The van der Waals surface area contributed by atoms with E-state index in [0.717, 1.165) is 19.4 Å². The topological polar surface area (TPSA) is 35.9 Å². The van der Waals surface area contributed by atoms with Crippen molar-refractivity contribution in [3.05, 3.63) is 12.7 Å². The average Bonchev–Trinajstić information content (AvgIpc) is 2.52. The number of amides is 1. The third kappa shape index (κ3) is 1.80. The largest absolute Gasteiger partial charge is 0.277 e. The van der Waals surface area contributed by atoms with E-state index in [9.17, 15) is 4.79 Å². The maximum atomic E-state index is 10.4. The minimum absolute atomic E-state index is 0.515. The highest BCUT2D eigenvalue weighted by molar-refractivity contribution is 5.59. The molecule has 0 aromatic rings. The minimum atomic E-state index is 0.515. The Morgan fingerprint density at radius 3 is 3.09 bits per heavy atom. The first kappa shape index (κ1) is 7.78. The summed E-state index contributed by atoms with van der Waals surface area (Å²) in [6.45, 7) is 4.84. The van der Waals surface area contributed by atoms with Crippen LogP contribution in [-0.4, -0.2) is 35.8 Å². The Kier molecular flexibility index (Phi) is 2.66. The number of hydrazone groups is 1. The van der Waals surface area contributed by atoms with Crippen molar-refractivity contribution in [3.63, 3.8) is 0 Å². The zero-order valence-corrected chi connectivity index (χ0v) is 6.31. The van der Waals surface area contributed by atoms with Crippen LogP contribution in [-0.2, 0) is 4.79 Å². The molecular weight excluding hydrogens is 142 g/mol. The van der Waals surface area contributed by atoms with Crippen molar-refractivity contribution in [3.8, 4) is 0 Å². The lowest BCUT2D eigenvalue weighted by Gasteiger charge is -2.24. The van der Waals surface area contributed by atoms with E-state index in [0.29, 0.717) is 6.54 Å². The van der Waals surface area contributed by atoms with Gasteiger partial charge in [0.2, 0.25) is 6.41 Å². The molecule has 0 aromatic carbocycles. The van der Waals surface area contributed by atoms with Crippen LogP contribution in [0.15, 0.2) is 17.8 Å². The molecule has 0 aromatic heterocycles. The summed E-state index contributed by atoms with van der Waals surface area (Å²) in [6, 6.07) is 0. The van der Waals surface area contributed by atoms with E-state index in [2.05, 4.69) is 11.7 Å². The number of nitrogens with zero attached hydrogens (tertiary/aromatic N) is 3. The van der Waals surface area contributed by atoms with E-state index in [1.54, 1.807) is 17.4 Å². The Balaban J connectivity index is 2.46. The summed E-state index contributed by atoms with van der Waals surface area (Å²) in [4.78, 5) is 10.4. The summed E-state index contributed by atoms with van der Waals surface area (Å²) < 4.78 is 0. The molecule has 1 aliphatic heterocycles. The Morgan fingerprint density at radius 2 is 2.64 bits per heavy atom. The zero-order chi connectivity index (χ0) is 8.10. The average molecular weight is 153 g/mol. The number of rotatable bonds is 4. The van der Waals surface area contributed by atoms with E-state index in [4.69, 9.17) is 0 Å². The van der Waals surface area contributed by atoms with Crippen LogP contribution in [0.5, 0.6) is 0 Å². The highest BCUT2D eigenvalue weighted by Gasteiger charge is 2.11. The molecule has 0 saturated carbocycles. The van der Waals surface area contributed by atoms with Gasteiger partial charge in [-0.05, 0) is 0 Å². The van der Waals surface area contributed by atoms with Crippen molar-refractivity contribution in [2.75, 3.05) is 13.1 Å². The first-order valence-corrected chi connectivity index (χ1v) is 3.51. The minimum Gasteiger partial charge on any atom is -0.277 e. The maximum Gasteiger partial charge on any atom is 0.229 e. The monoisotopic (exact) mass is 153 g/mol. The second kappa shape index (κ2) is 3.75. The first-order valence-electron chi connectivity index (χ1n) is 3.51. The van der Waals surface area contributed by atoms with Gasteiger partial charge in [-0.15, -0.1) is 6.58 Å². The van der Waals surface area contributed by atoms with Crippen LogP contribution in [0.3, 0.4) is 0 Å². The Hall–Kier alpha value is -1.32. The molecule has 4 heteroatoms. The zero-order valence-electron chi connectivity index (χ0n) is 6.31. The second-order valence-corrected chi connectivity index (χ2v) is 2.20. The summed E-state index contributed by atoms with van der Waals surface area (Å²) in [5, 5.41) is 7.10. The molecule has 0 N–H and O–H groups in total. The third-order valence-corrected chi connectivity index (χ3v) is 1.41. The molecule has 0 unspecified atom stereocenters. The van der Waals surface area contributed by atoms with Crippen molar-refractivity contribution in [2.24, 2.45) is 5.10 Å². The molecule has 0 radical (unpaired) electrons. The van der Waals surface area contributed by atoms with Gasteiger partial charge >= 0.3 is 0 Å². The van der Waals surface area contributed by atoms with Gasteiger partial charge in [0.15, 0.2) is 0 Å². The first-order chi connectivity index (χ1) is 5.38. The van der Waals surface area contributed by atoms with Gasteiger partial charge in [-0.3, -0.25) is 4.79 Å². The quantitative estimate of drug-likeness (QED) is 0.428. The van der Waals surface area contributed by atoms with Gasteiger partial charge in [-0.25, -0.2) is 10.1 Å². The molecule has 1 rings (SSSR count). The van der Waals surface area contributed by atoms with Gasteiger partial charge in [-0.1, -0.05) is 6.08 Å². The molecule has 0 aliphatic carbocycles. The van der Waals surface area contributed by atoms with Crippen LogP contribution >= 0.6 is 0 Å². The Labute approximate surface area is 65.8 Å². The van der Waals surface area contributed by atoms with Gasteiger partial charge in [0.05, 0.1) is 13.1 Å². The molecule has 0 saturated heterocycles. The molecule has 4 nitrogen and oxygen atoms in total. The fourth-order valence-corrected chi connectivity index (χ4v) is 0.902. The predicted octanol–water partition coefficient (Wildman–Crippen LogP) is 0.237. The lowest BCUT2D eigenvalue weighted by molar-refractivity contribution is -0.132. The molecule has 1 heterocycles. The van der Waals surface area contributed by atoms with Crippen LogP contribution in [0.1, 0.15) is 6.42 Å². The van der Waals surface area contributed by atoms with Crippen molar-refractivity contribution in [1.82, 2.24) is 10.1 Å². The molecule has 1 aliphatic rings. The number of hydrogen-bond donors (Lipinski definition) is 0. The summed E-state index contributed by atoms with van der Waals surface area (Å²) in [5.41, 5.74) is 0. The summed E-state index contributed by atoms with van der Waals surface area (Å²) in [6.07, 6.45) is 5.12.